The fourth-order valence-electron chi connectivity index (χ4n) is 0.843. The van der Waals surface area contributed by atoms with Gasteiger partial charge in [0.1, 0.15) is 12.2 Å². The third-order valence-electron chi connectivity index (χ3n) is 1.45. The third-order valence-corrected chi connectivity index (χ3v) is 1.45. The highest BCUT2D eigenvalue weighted by Gasteiger charge is 2.05. The van der Waals surface area contributed by atoms with E-state index < -0.39 is 5.97 Å². The van der Waals surface area contributed by atoms with E-state index in [1.54, 1.807) is 24.3 Å². The number of benzene rings is 1. The van der Waals surface area contributed by atoms with E-state index in [0.717, 1.165) is 0 Å². The summed E-state index contributed by atoms with van der Waals surface area (Å²) in [6, 6.07) is 8.82. The van der Waals surface area contributed by atoms with E-state index in [2.05, 4.69) is 15.2 Å². The van der Waals surface area contributed by atoms with Gasteiger partial charge in [0.05, 0.1) is 5.69 Å². The summed E-state index contributed by atoms with van der Waals surface area (Å²) in [7, 11) is 0. The largest absolute Gasteiger partial charge is 0.344 e. The summed E-state index contributed by atoms with van der Waals surface area (Å²) in [5.74, 6) is -0.975. The topological polar surface area (TPSA) is 68.1 Å². The fourth-order valence-corrected chi connectivity index (χ4v) is 0.843. The van der Waals surface area contributed by atoms with E-state index in [0.29, 0.717) is 5.69 Å². The molecule has 0 saturated carbocycles. The van der Waals surface area contributed by atoms with E-state index in [1.807, 2.05) is 6.07 Å². The number of ketones is 1. The van der Waals surface area contributed by atoms with Gasteiger partial charge in [0.15, 0.2) is 0 Å². The first-order valence-electron chi connectivity index (χ1n) is 4.34. The van der Waals surface area contributed by atoms with Gasteiger partial charge in [-0.05, 0) is 19.1 Å². The van der Waals surface area contributed by atoms with E-state index in [-0.39, 0.29) is 12.2 Å². The highest BCUT2D eigenvalue weighted by Crippen LogP contribution is 2.10. The van der Waals surface area contributed by atoms with Crippen LogP contribution in [0, 0.1) is 0 Å². The summed E-state index contributed by atoms with van der Waals surface area (Å²) in [6.45, 7) is 1.30. The zero-order chi connectivity index (χ0) is 11.1. The Balaban J connectivity index is 2.40. The van der Waals surface area contributed by atoms with E-state index in [9.17, 15) is 9.59 Å². The molecule has 0 N–H and O–H groups in total. The smallest absolute Gasteiger partial charge is 0.299 e. The van der Waals surface area contributed by atoms with Gasteiger partial charge < -0.3 is 0 Å². The number of carbonyl (C=O) groups is 2. The highest BCUT2D eigenvalue weighted by molar-refractivity contribution is 5.93. The number of hydrogen-bond donors (Lipinski definition) is 0. The minimum atomic E-state index is -0.706. The zero-order valence-electron chi connectivity index (χ0n) is 8.21. The molecule has 0 radical (unpaired) electrons. The summed E-state index contributed by atoms with van der Waals surface area (Å²) in [6.07, 6.45) is -0.284. The van der Waals surface area contributed by atoms with Crippen molar-refractivity contribution in [3.8, 4) is 0 Å². The lowest BCUT2D eigenvalue weighted by molar-refractivity contribution is -0.146. The monoisotopic (exact) mass is 206 g/mol. The predicted molar refractivity (Wildman–Crippen MR) is 52.3 cm³/mol. The van der Waals surface area contributed by atoms with Crippen molar-refractivity contribution in [2.45, 2.75) is 13.3 Å². The maximum Gasteiger partial charge on any atom is 0.344 e. The second-order valence-electron chi connectivity index (χ2n) is 2.86. The Labute approximate surface area is 86.7 Å². The summed E-state index contributed by atoms with van der Waals surface area (Å²) in [4.78, 5) is 25.7. The van der Waals surface area contributed by atoms with Crippen LogP contribution in [0.25, 0.3) is 0 Å². The summed E-state index contributed by atoms with van der Waals surface area (Å²) >= 11 is 0. The van der Waals surface area contributed by atoms with Crippen molar-refractivity contribution >= 4 is 17.4 Å². The maximum absolute atomic E-state index is 10.8. The molecule has 0 unspecified atom stereocenters. The van der Waals surface area contributed by atoms with Gasteiger partial charge in [-0.3, -0.25) is 9.63 Å². The second kappa shape index (κ2) is 5.64. The van der Waals surface area contributed by atoms with Crippen LogP contribution in [0.5, 0.6) is 0 Å². The minimum absolute atomic E-state index is 0.269. The molecular weight excluding hydrogens is 196 g/mol. The summed E-state index contributed by atoms with van der Waals surface area (Å²) in [5, 5.41) is 6.84. The first-order valence-corrected chi connectivity index (χ1v) is 4.34. The van der Waals surface area contributed by atoms with Gasteiger partial charge in [0.25, 0.3) is 0 Å². The molecule has 0 bridgehead atoms. The van der Waals surface area contributed by atoms with Crippen LogP contribution < -0.4 is 0 Å². The average Bonchev–Trinajstić information content (AvgIpc) is 2.18. The molecular formula is C10H10N2O3. The standard InChI is InChI=1S/C10H10N2O3/c1-8(13)7-10(14)15-12-11-9-5-3-2-4-6-9/h2-6H,7H2,1H3. The summed E-state index contributed by atoms with van der Waals surface area (Å²) in [5.41, 5.74) is 0.577. The first kappa shape index (κ1) is 11.0. The van der Waals surface area contributed by atoms with Crippen molar-refractivity contribution in [2.75, 3.05) is 0 Å². The maximum atomic E-state index is 10.8. The molecule has 5 nitrogen and oxygen atoms in total. The number of hydrogen-bond acceptors (Lipinski definition) is 5. The van der Waals surface area contributed by atoms with Crippen molar-refractivity contribution in [1.29, 1.82) is 0 Å². The Kier molecular flexibility index (Phi) is 4.15. The Morgan fingerprint density at radius 1 is 1.27 bits per heavy atom. The number of nitrogens with zero attached hydrogens (tertiary/aromatic N) is 2. The lowest BCUT2D eigenvalue weighted by atomic mass is 10.3. The molecule has 5 heteroatoms. The van der Waals surface area contributed by atoms with Crippen LogP contribution in [0.3, 0.4) is 0 Å². The van der Waals surface area contributed by atoms with Crippen molar-refractivity contribution in [2.24, 2.45) is 10.4 Å². The molecule has 0 atom stereocenters. The quantitative estimate of drug-likeness (QED) is 0.431. The van der Waals surface area contributed by atoms with Crippen LogP contribution in [0.15, 0.2) is 40.7 Å². The first-order chi connectivity index (χ1) is 7.18. The van der Waals surface area contributed by atoms with Gasteiger partial charge in [-0.25, -0.2) is 4.79 Å². The third kappa shape index (κ3) is 4.66. The van der Waals surface area contributed by atoms with Gasteiger partial charge in [0.2, 0.25) is 0 Å². The normalized spacial score (nSPS) is 10.2. The molecule has 0 aromatic heterocycles. The molecule has 0 aliphatic rings. The molecule has 15 heavy (non-hydrogen) atoms. The number of Topliss-reactive ketones (excluding diaryl/α,β-unsaturated/α-hetero) is 1. The van der Waals surface area contributed by atoms with E-state index in [1.165, 1.54) is 6.92 Å². The molecule has 0 aliphatic carbocycles. The van der Waals surface area contributed by atoms with Crippen LogP contribution in [-0.2, 0) is 14.4 Å². The van der Waals surface area contributed by atoms with Crippen LogP contribution in [-0.4, -0.2) is 11.8 Å². The van der Waals surface area contributed by atoms with Gasteiger partial charge in [0, 0.05) is 5.28 Å². The molecule has 1 rings (SSSR count). The molecule has 1 aromatic carbocycles. The Morgan fingerprint density at radius 2 is 1.93 bits per heavy atom. The van der Waals surface area contributed by atoms with Crippen molar-refractivity contribution in [1.82, 2.24) is 0 Å². The molecule has 0 fully saturated rings. The van der Waals surface area contributed by atoms with E-state index >= 15 is 0 Å². The fraction of sp³-hybridized carbons (Fsp3) is 0.200. The zero-order valence-corrected chi connectivity index (χ0v) is 8.21. The summed E-state index contributed by atoms with van der Waals surface area (Å²) < 4.78 is 0. The van der Waals surface area contributed by atoms with Crippen LogP contribution in [0.4, 0.5) is 5.69 Å². The average molecular weight is 206 g/mol. The number of rotatable bonds is 4. The molecule has 0 spiro atoms. The van der Waals surface area contributed by atoms with Gasteiger partial charge >= 0.3 is 5.97 Å². The highest BCUT2D eigenvalue weighted by atomic mass is 16.7. The molecule has 0 amide bonds. The number of carbonyl (C=O) groups excluding carboxylic acids is 2. The van der Waals surface area contributed by atoms with Gasteiger partial charge in [-0.15, -0.1) is 5.11 Å². The SMILES string of the molecule is CC(=O)CC(=O)ON=Nc1ccccc1. The predicted octanol–water partition coefficient (Wildman–Crippen LogP) is 2.21. The van der Waals surface area contributed by atoms with Crippen molar-refractivity contribution in [3.63, 3.8) is 0 Å². The molecule has 0 aliphatic heterocycles. The minimum Gasteiger partial charge on any atom is -0.299 e. The van der Waals surface area contributed by atoms with Crippen molar-refractivity contribution < 1.29 is 14.4 Å². The van der Waals surface area contributed by atoms with Crippen LogP contribution in [0.1, 0.15) is 13.3 Å². The Morgan fingerprint density at radius 3 is 2.53 bits per heavy atom. The van der Waals surface area contributed by atoms with Crippen LogP contribution in [0.2, 0.25) is 0 Å². The van der Waals surface area contributed by atoms with Gasteiger partial charge in [-0.1, -0.05) is 18.2 Å². The van der Waals surface area contributed by atoms with Crippen LogP contribution >= 0.6 is 0 Å². The molecule has 0 heterocycles. The molecule has 0 saturated heterocycles. The van der Waals surface area contributed by atoms with E-state index in [4.69, 9.17) is 0 Å². The lowest BCUT2D eigenvalue weighted by Crippen LogP contribution is -2.04. The Hall–Kier alpha value is -2.04. The molecule has 78 valence electrons. The lowest BCUT2D eigenvalue weighted by Gasteiger charge is -1.92. The Bertz CT molecular complexity index is 374. The van der Waals surface area contributed by atoms with Crippen molar-refractivity contribution in [3.05, 3.63) is 30.3 Å². The van der Waals surface area contributed by atoms with Gasteiger partial charge in [-0.2, -0.15) is 0 Å². The molecule has 1 aromatic rings. The second-order valence-corrected chi connectivity index (χ2v) is 2.86.